The Morgan fingerprint density at radius 1 is 1.40 bits per heavy atom. The van der Waals surface area contributed by atoms with Gasteiger partial charge in [0.2, 0.25) is 5.91 Å². The summed E-state index contributed by atoms with van der Waals surface area (Å²) in [5.74, 6) is 1.04. The van der Waals surface area contributed by atoms with Crippen LogP contribution in [0.25, 0.3) is 0 Å². The number of phenolic OH excluding ortho intramolecular Hbond substituents is 1. The molecular formula is C16H24N2O2. The highest BCUT2D eigenvalue weighted by molar-refractivity contribution is 5.79. The Bertz CT molecular complexity index is 454. The van der Waals surface area contributed by atoms with Gasteiger partial charge in [0.1, 0.15) is 5.75 Å². The van der Waals surface area contributed by atoms with Gasteiger partial charge in [0.15, 0.2) is 0 Å². The van der Waals surface area contributed by atoms with Crippen molar-refractivity contribution in [2.24, 2.45) is 17.6 Å². The Morgan fingerprint density at radius 2 is 2.10 bits per heavy atom. The van der Waals surface area contributed by atoms with Crippen LogP contribution in [0.1, 0.15) is 44.2 Å². The van der Waals surface area contributed by atoms with Gasteiger partial charge in [0.05, 0.1) is 6.04 Å². The second-order valence-electron chi connectivity index (χ2n) is 5.78. The summed E-state index contributed by atoms with van der Waals surface area (Å²) in [6.45, 7) is 2.67. The Labute approximate surface area is 120 Å². The highest BCUT2D eigenvalue weighted by atomic mass is 16.3. The van der Waals surface area contributed by atoms with Gasteiger partial charge in [-0.2, -0.15) is 0 Å². The summed E-state index contributed by atoms with van der Waals surface area (Å²) < 4.78 is 0. The minimum absolute atomic E-state index is 0.0816. The number of phenols is 1. The van der Waals surface area contributed by atoms with Crippen molar-refractivity contribution in [2.45, 2.75) is 38.6 Å². The molecule has 4 heteroatoms. The quantitative estimate of drug-likeness (QED) is 0.790. The van der Waals surface area contributed by atoms with Crippen LogP contribution in [0.15, 0.2) is 24.3 Å². The zero-order valence-electron chi connectivity index (χ0n) is 12.0. The van der Waals surface area contributed by atoms with Crippen LogP contribution < -0.4 is 11.1 Å². The average molecular weight is 276 g/mol. The van der Waals surface area contributed by atoms with Crippen LogP contribution in [0.2, 0.25) is 0 Å². The molecule has 1 amide bonds. The van der Waals surface area contributed by atoms with E-state index in [9.17, 15) is 9.90 Å². The molecule has 4 nitrogen and oxygen atoms in total. The van der Waals surface area contributed by atoms with E-state index in [-0.39, 0.29) is 23.6 Å². The maximum atomic E-state index is 12.3. The summed E-state index contributed by atoms with van der Waals surface area (Å²) >= 11 is 0. The van der Waals surface area contributed by atoms with Crippen LogP contribution in [-0.2, 0) is 4.79 Å². The molecular weight excluding hydrogens is 252 g/mol. The van der Waals surface area contributed by atoms with E-state index in [0.717, 1.165) is 37.8 Å². The number of carbonyl (C=O) groups is 1. The maximum Gasteiger partial charge on any atom is 0.223 e. The van der Waals surface area contributed by atoms with E-state index >= 15 is 0 Å². The molecule has 0 aliphatic heterocycles. The molecule has 0 heterocycles. The summed E-state index contributed by atoms with van der Waals surface area (Å²) in [6, 6.07) is 6.94. The number of carbonyl (C=O) groups excluding carboxylic acids is 1. The van der Waals surface area contributed by atoms with Crippen molar-refractivity contribution in [3.63, 3.8) is 0 Å². The third-order valence-corrected chi connectivity index (χ3v) is 4.28. The normalized spacial score (nSPS) is 24.1. The molecule has 0 radical (unpaired) electrons. The summed E-state index contributed by atoms with van der Waals surface area (Å²) in [7, 11) is 0. The molecule has 4 N–H and O–H groups in total. The van der Waals surface area contributed by atoms with Gasteiger partial charge < -0.3 is 16.2 Å². The number of hydrogen-bond donors (Lipinski definition) is 3. The largest absolute Gasteiger partial charge is 0.508 e. The Balaban J connectivity index is 1.88. The molecule has 0 spiro atoms. The van der Waals surface area contributed by atoms with E-state index in [1.165, 1.54) is 0 Å². The Kier molecular flexibility index (Phi) is 5.01. The van der Waals surface area contributed by atoms with Crippen LogP contribution in [0.3, 0.4) is 0 Å². The van der Waals surface area contributed by atoms with E-state index in [2.05, 4.69) is 5.32 Å². The lowest BCUT2D eigenvalue weighted by Gasteiger charge is -2.28. The van der Waals surface area contributed by atoms with Gasteiger partial charge in [0.25, 0.3) is 0 Å². The van der Waals surface area contributed by atoms with Gasteiger partial charge in [-0.25, -0.2) is 0 Å². The first-order valence-corrected chi connectivity index (χ1v) is 7.39. The van der Waals surface area contributed by atoms with Crippen LogP contribution in [0.4, 0.5) is 0 Å². The molecule has 1 aromatic rings. The molecule has 1 saturated carbocycles. The van der Waals surface area contributed by atoms with Gasteiger partial charge in [-0.15, -0.1) is 0 Å². The molecule has 1 aliphatic rings. The van der Waals surface area contributed by atoms with Crippen LogP contribution >= 0.6 is 0 Å². The SMILES string of the molecule is CC(NC(=O)C1CCC(CN)CC1)c1cccc(O)c1. The van der Waals surface area contributed by atoms with Crippen LogP contribution in [0, 0.1) is 11.8 Å². The zero-order chi connectivity index (χ0) is 14.5. The molecule has 110 valence electrons. The zero-order valence-corrected chi connectivity index (χ0v) is 12.0. The molecule has 20 heavy (non-hydrogen) atoms. The minimum Gasteiger partial charge on any atom is -0.508 e. The van der Waals surface area contributed by atoms with Crippen molar-refractivity contribution >= 4 is 5.91 Å². The van der Waals surface area contributed by atoms with E-state index in [0.29, 0.717) is 5.92 Å². The first-order chi connectivity index (χ1) is 9.60. The summed E-state index contributed by atoms with van der Waals surface area (Å²) in [5.41, 5.74) is 6.60. The minimum atomic E-state index is -0.0816. The fraction of sp³-hybridized carbons (Fsp3) is 0.562. The summed E-state index contributed by atoms with van der Waals surface area (Å²) in [6.07, 6.45) is 3.96. The highest BCUT2D eigenvalue weighted by Crippen LogP contribution is 2.29. The lowest BCUT2D eigenvalue weighted by atomic mass is 9.81. The summed E-state index contributed by atoms with van der Waals surface area (Å²) in [5, 5.41) is 12.5. The Morgan fingerprint density at radius 3 is 2.70 bits per heavy atom. The van der Waals surface area contributed by atoms with E-state index in [1.54, 1.807) is 18.2 Å². The van der Waals surface area contributed by atoms with Crippen LogP contribution in [0.5, 0.6) is 5.75 Å². The first-order valence-electron chi connectivity index (χ1n) is 7.39. The highest BCUT2D eigenvalue weighted by Gasteiger charge is 2.26. The standard InChI is InChI=1S/C16H24N2O2/c1-11(14-3-2-4-15(19)9-14)18-16(20)13-7-5-12(10-17)6-8-13/h2-4,9,11-13,19H,5-8,10,17H2,1H3,(H,18,20). The first kappa shape index (κ1) is 14.9. The molecule has 2 rings (SSSR count). The van der Waals surface area contributed by atoms with Gasteiger partial charge in [0, 0.05) is 5.92 Å². The lowest BCUT2D eigenvalue weighted by Crippen LogP contribution is -2.35. The molecule has 1 atom stereocenters. The smallest absolute Gasteiger partial charge is 0.223 e. The molecule has 0 saturated heterocycles. The van der Waals surface area contributed by atoms with E-state index < -0.39 is 0 Å². The third kappa shape index (κ3) is 3.73. The monoisotopic (exact) mass is 276 g/mol. The van der Waals surface area contributed by atoms with Crippen molar-refractivity contribution in [3.05, 3.63) is 29.8 Å². The van der Waals surface area contributed by atoms with Crippen molar-refractivity contribution < 1.29 is 9.90 Å². The maximum absolute atomic E-state index is 12.3. The van der Waals surface area contributed by atoms with Gasteiger partial charge in [-0.1, -0.05) is 12.1 Å². The second kappa shape index (κ2) is 6.75. The number of nitrogens with one attached hydrogen (secondary N) is 1. The third-order valence-electron chi connectivity index (χ3n) is 4.28. The fourth-order valence-corrected chi connectivity index (χ4v) is 2.87. The number of rotatable bonds is 4. The topological polar surface area (TPSA) is 75.4 Å². The van der Waals surface area contributed by atoms with E-state index in [1.807, 2.05) is 13.0 Å². The van der Waals surface area contributed by atoms with Crippen molar-refractivity contribution in [1.29, 1.82) is 0 Å². The van der Waals surface area contributed by atoms with Gasteiger partial charge in [-0.05, 0) is 62.8 Å². The number of aromatic hydroxyl groups is 1. The predicted octanol–water partition coefficient (Wildman–Crippen LogP) is 2.33. The van der Waals surface area contributed by atoms with Gasteiger partial charge in [-0.3, -0.25) is 4.79 Å². The summed E-state index contributed by atoms with van der Waals surface area (Å²) in [4.78, 5) is 12.3. The number of amides is 1. The number of hydrogen-bond acceptors (Lipinski definition) is 3. The van der Waals surface area contributed by atoms with Crippen molar-refractivity contribution in [1.82, 2.24) is 5.32 Å². The number of nitrogens with two attached hydrogens (primary N) is 1. The second-order valence-corrected chi connectivity index (χ2v) is 5.78. The molecule has 0 aromatic heterocycles. The fourth-order valence-electron chi connectivity index (χ4n) is 2.87. The lowest BCUT2D eigenvalue weighted by molar-refractivity contribution is -0.126. The van der Waals surface area contributed by atoms with Crippen LogP contribution in [-0.4, -0.2) is 17.6 Å². The van der Waals surface area contributed by atoms with E-state index in [4.69, 9.17) is 5.73 Å². The molecule has 0 bridgehead atoms. The van der Waals surface area contributed by atoms with Crippen molar-refractivity contribution in [3.8, 4) is 5.75 Å². The average Bonchev–Trinajstić information content (AvgIpc) is 2.47. The number of benzene rings is 1. The molecule has 1 fully saturated rings. The predicted molar refractivity (Wildman–Crippen MR) is 79.2 cm³/mol. The molecule has 1 aromatic carbocycles. The Hall–Kier alpha value is -1.55. The molecule has 1 unspecified atom stereocenters. The van der Waals surface area contributed by atoms with Gasteiger partial charge >= 0.3 is 0 Å². The van der Waals surface area contributed by atoms with Crippen molar-refractivity contribution in [2.75, 3.05) is 6.54 Å². The molecule has 1 aliphatic carbocycles.